The number of aliphatic imine (C=N–C) groups is 1. The van der Waals surface area contributed by atoms with E-state index in [9.17, 15) is 9.59 Å². The Morgan fingerprint density at radius 2 is 2.32 bits per heavy atom. The maximum absolute atomic E-state index is 12.2. The Hall–Kier alpha value is -2.37. The molecular weight excluding hydrogens is 246 g/mol. The van der Waals surface area contributed by atoms with Crippen molar-refractivity contribution in [2.45, 2.75) is 6.42 Å². The Labute approximate surface area is 109 Å². The van der Waals surface area contributed by atoms with Gasteiger partial charge in [-0.15, -0.1) is 0 Å². The lowest BCUT2D eigenvalue weighted by atomic mass is 10.1. The van der Waals surface area contributed by atoms with Crippen LogP contribution >= 0.6 is 0 Å². The quantitative estimate of drug-likeness (QED) is 0.790. The van der Waals surface area contributed by atoms with Crippen LogP contribution in [0.3, 0.4) is 0 Å². The van der Waals surface area contributed by atoms with Crippen LogP contribution in [-0.2, 0) is 4.79 Å². The first-order chi connectivity index (χ1) is 9.16. The Morgan fingerprint density at radius 1 is 1.47 bits per heavy atom. The third kappa shape index (κ3) is 1.95. The van der Waals surface area contributed by atoms with Gasteiger partial charge in [-0.1, -0.05) is 0 Å². The van der Waals surface area contributed by atoms with Gasteiger partial charge in [0.2, 0.25) is 5.78 Å². The van der Waals surface area contributed by atoms with Crippen LogP contribution in [0.25, 0.3) is 0 Å². The summed E-state index contributed by atoms with van der Waals surface area (Å²) in [6.07, 6.45) is 3.74. The average Bonchev–Trinajstić information content (AvgIpc) is 3.06. The molecule has 6 nitrogen and oxygen atoms in total. The van der Waals surface area contributed by atoms with Crippen LogP contribution in [0, 0.1) is 5.92 Å². The van der Waals surface area contributed by atoms with Crippen molar-refractivity contribution in [3.63, 3.8) is 0 Å². The summed E-state index contributed by atoms with van der Waals surface area (Å²) in [4.78, 5) is 32.1. The number of nitrogens with one attached hydrogen (secondary N) is 1. The summed E-state index contributed by atoms with van der Waals surface area (Å²) in [7, 11) is 0. The number of ketones is 1. The molecule has 3 rings (SSSR count). The highest BCUT2D eigenvalue weighted by atomic mass is 16.4. The SMILES string of the molecule is O=C(C1=CN=C2C(C(=O)O)CCN2C1)c1ccc[nH]1. The third-order valence-corrected chi connectivity index (χ3v) is 3.47. The van der Waals surface area contributed by atoms with E-state index in [1.807, 2.05) is 4.90 Å². The summed E-state index contributed by atoms with van der Waals surface area (Å²) in [5.74, 6) is -0.922. The van der Waals surface area contributed by atoms with Gasteiger partial charge in [-0.25, -0.2) is 4.99 Å². The summed E-state index contributed by atoms with van der Waals surface area (Å²) in [5, 5.41) is 9.08. The molecule has 3 heterocycles. The number of carbonyl (C=O) groups excluding carboxylic acids is 1. The molecule has 0 bridgehead atoms. The first-order valence-corrected chi connectivity index (χ1v) is 6.09. The Kier molecular flexibility index (Phi) is 2.70. The molecule has 0 spiro atoms. The van der Waals surface area contributed by atoms with E-state index in [-0.39, 0.29) is 5.78 Å². The zero-order valence-corrected chi connectivity index (χ0v) is 10.2. The highest BCUT2D eigenvalue weighted by molar-refractivity contribution is 6.10. The van der Waals surface area contributed by atoms with E-state index >= 15 is 0 Å². The summed E-state index contributed by atoms with van der Waals surface area (Å²) in [5.41, 5.74) is 1.11. The second kappa shape index (κ2) is 4.38. The highest BCUT2D eigenvalue weighted by Gasteiger charge is 2.37. The summed E-state index contributed by atoms with van der Waals surface area (Å²) in [6, 6.07) is 3.48. The van der Waals surface area contributed by atoms with Crippen LogP contribution in [0.2, 0.25) is 0 Å². The van der Waals surface area contributed by atoms with Gasteiger partial charge in [0, 0.05) is 31.1 Å². The molecule has 1 atom stereocenters. The van der Waals surface area contributed by atoms with Crippen LogP contribution in [0.1, 0.15) is 16.9 Å². The number of carbonyl (C=O) groups is 2. The van der Waals surface area contributed by atoms with E-state index in [1.54, 1.807) is 18.3 Å². The highest BCUT2D eigenvalue weighted by Crippen LogP contribution is 2.25. The van der Waals surface area contributed by atoms with Gasteiger partial charge in [0.1, 0.15) is 11.8 Å². The number of hydrogen-bond donors (Lipinski definition) is 2. The number of Topliss-reactive ketones (excluding diaryl/α,β-unsaturated/α-hetero) is 1. The lowest BCUT2D eigenvalue weighted by Gasteiger charge is -2.23. The molecule has 1 fully saturated rings. The van der Waals surface area contributed by atoms with Crippen LogP contribution in [0.4, 0.5) is 0 Å². The molecule has 0 saturated carbocycles. The van der Waals surface area contributed by atoms with Gasteiger partial charge in [0.25, 0.3) is 0 Å². The first kappa shape index (κ1) is 11.7. The molecule has 0 radical (unpaired) electrons. The number of aromatic nitrogens is 1. The molecule has 2 N–H and O–H groups in total. The number of carboxylic acid groups (broad SMARTS) is 1. The van der Waals surface area contributed by atoms with E-state index in [0.29, 0.717) is 36.6 Å². The maximum atomic E-state index is 12.2. The largest absolute Gasteiger partial charge is 0.481 e. The van der Waals surface area contributed by atoms with Crippen LogP contribution in [0.15, 0.2) is 35.1 Å². The van der Waals surface area contributed by atoms with E-state index < -0.39 is 11.9 Å². The first-order valence-electron chi connectivity index (χ1n) is 6.09. The van der Waals surface area contributed by atoms with Crippen LogP contribution < -0.4 is 0 Å². The standard InChI is InChI=1S/C13H13N3O3/c17-11(10-2-1-4-14-10)8-6-15-12-9(13(18)19)3-5-16(12)7-8/h1-2,4,6,9,14H,3,5,7H2,(H,18,19). The van der Waals surface area contributed by atoms with E-state index in [0.717, 1.165) is 0 Å². The molecule has 0 aliphatic carbocycles. The fourth-order valence-corrected chi connectivity index (χ4v) is 2.48. The number of carboxylic acids is 1. The van der Waals surface area contributed by atoms with Gasteiger partial charge in [0.05, 0.1) is 5.69 Å². The molecule has 1 unspecified atom stereocenters. The predicted molar refractivity (Wildman–Crippen MR) is 68.0 cm³/mol. The average molecular weight is 259 g/mol. The van der Waals surface area contributed by atoms with Crippen molar-refractivity contribution in [2.24, 2.45) is 10.9 Å². The van der Waals surface area contributed by atoms with Crippen molar-refractivity contribution in [2.75, 3.05) is 13.1 Å². The molecule has 19 heavy (non-hydrogen) atoms. The molecule has 1 saturated heterocycles. The number of rotatable bonds is 3. The van der Waals surface area contributed by atoms with Crippen LogP contribution in [0.5, 0.6) is 0 Å². The molecule has 1 aromatic heterocycles. The molecule has 1 aromatic rings. The minimum Gasteiger partial charge on any atom is -0.481 e. The van der Waals surface area contributed by atoms with Crippen molar-refractivity contribution < 1.29 is 14.7 Å². The predicted octanol–water partition coefficient (Wildman–Crippen LogP) is 0.900. The van der Waals surface area contributed by atoms with Gasteiger partial charge >= 0.3 is 5.97 Å². The number of aromatic amines is 1. The monoisotopic (exact) mass is 259 g/mol. The molecule has 2 aliphatic rings. The molecule has 98 valence electrons. The zero-order chi connectivity index (χ0) is 13.4. The van der Waals surface area contributed by atoms with Gasteiger partial charge in [-0.05, 0) is 18.6 Å². The van der Waals surface area contributed by atoms with Gasteiger partial charge < -0.3 is 15.0 Å². The molecule has 0 amide bonds. The third-order valence-electron chi connectivity index (χ3n) is 3.47. The second-order valence-electron chi connectivity index (χ2n) is 4.66. The van der Waals surface area contributed by atoms with E-state index in [2.05, 4.69) is 9.98 Å². The number of fused-ring (bicyclic) bond motifs is 1. The number of hydrogen-bond acceptors (Lipinski definition) is 4. The fraction of sp³-hybridized carbons (Fsp3) is 0.308. The molecule has 0 aromatic carbocycles. The zero-order valence-electron chi connectivity index (χ0n) is 10.2. The number of H-pyrrole nitrogens is 1. The summed E-state index contributed by atoms with van der Waals surface area (Å²) in [6.45, 7) is 1.06. The fourth-order valence-electron chi connectivity index (χ4n) is 2.48. The van der Waals surface area contributed by atoms with Crippen molar-refractivity contribution in [3.8, 4) is 0 Å². The lowest BCUT2D eigenvalue weighted by molar-refractivity contribution is -0.139. The number of amidine groups is 1. The summed E-state index contributed by atoms with van der Waals surface area (Å²) >= 11 is 0. The lowest BCUT2D eigenvalue weighted by Crippen LogP contribution is -2.35. The Bertz CT molecular complexity index is 586. The van der Waals surface area contributed by atoms with Gasteiger partial charge in [-0.3, -0.25) is 9.59 Å². The van der Waals surface area contributed by atoms with Crippen molar-refractivity contribution in [1.82, 2.24) is 9.88 Å². The normalized spacial score (nSPS) is 21.7. The van der Waals surface area contributed by atoms with Crippen molar-refractivity contribution in [1.29, 1.82) is 0 Å². The minimum atomic E-state index is -0.853. The molecule has 2 aliphatic heterocycles. The van der Waals surface area contributed by atoms with Crippen LogP contribution in [-0.4, -0.2) is 45.7 Å². The maximum Gasteiger partial charge on any atom is 0.314 e. The van der Waals surface area contributed by atoms with Crippen molar-refractivity contribution >= 4 is 17.6 Å². The van der Waals surface area contributed by atoms with Gasteiger partial charge in [0.15, 0.2) is 0 Å². The topological polar surface area (TPSA) is 85.8 Å². The van der Waals surface area contributed by atoms with E-state index in [4.69, 9.17) is 5.11 Å². The number of nitrogens with zero attached hydrogens (tertiary/aromatic N) is 2. The number of aliphatic carboxylic acids is 1. The molecule has 6 heteroatoms. The Balaban J connectivity index is 1.85. The Morgan fingerprint density at radius 3 is 3.00 bits per heavy atom. The smallest absolute Gasteiger partial charge is 0.314 e. The molecular formula is C13H13N3O3. The summed E-state index contributed by atoms with van der Waals surface area (Å²) < 4.78 is 0. The van der Waals surface area contributed by atoms with Crippen molar-refractivity contribution in [3.05, 3.63) is 35.8 Å². The minimum absolute atomic E-state index is 0.0911. The van der Waals surface area contributed by atoms with Gasteiger partial charge in [-0.2, -0.15) is 0 Å². The van der Waals surface area contributed by atoms with E-state index in [1.165, 1.54) is 6.20 Å². The second-order valence-corrected chi connectivity index (χ2v) is 4.66.